The molecule has 12 nitrogen and oxygen atoms in total. The Hall–Kier alpha value is -3.38. The predicted octanol–water partition coefficient (Wildman–Crippen LogP) is 3.44. The van der Waals surface area contributed by atoms with E-state index in [1.807, 2.05) is 0 Å². The number of esters is 1. The zero-order valence-electron chi connectivity index (χ0n) is 19.9. The molecule has 37 heavy (non-hydrogen) atoms. The summed E-state index contributed by atoms with van der Waals surface area (Å²) in [7, 11) is -3.84. The summed E-state index contributed by atoms with van der Waals surface area (Å²) in [6.07, 6.45) is 3.22. The number of nitrogens with one attached hydrogen (secondary N) is 1. The Morgan fingerprint density at radius 2 is 2.08 bits per heavy atom. The highest BCUT2D eigenvalue weighted by Crippen LogP contribution is 2.45. The first kappa shape index (κ1) is 25.3. The molecule has 0 amide bonds. The fourth-order valence-electron chi connectivity index (χ4n) is 3.79. The molecule has 1 aliphatic heterocycles. The van der Waals surface area contributed by atoms with E-state index < -0.39 is 44.2 Å². The van der Waals surface area contributed by atoms with Crippen LogP contribution in [0.15, 0.2) is 54.9 Å². The molecule has 0 spiro atoms. The largest absolute Gasteiger partial charge is 0.461 e. The molecule has 2 aromatic heterocycles. The van der Waals surface area contributed by atoms with Crippen LogP contribution in [0.2, 0.25) is 0 Å². The summed E-state index contributed by atoms with van der Waals surface area (Å²) in [6, 6.07) is 7.49. The van der Waals surface area contributed by atoms with E-state index in [0.717, 1.165) is 25.3 Å². The average Bonchev–Trinajstić information content (AvgIpc) is 3.44. The fraction of sp³-hybridized carbons (Fsp3) is 0.391. The minimum atomic E-state index is -3.84. The summed E-state index contributed by atoms with van der Waals surface area (Å²) in [5.74, 6) is -0.756. The summed E-state index contributed by atoms with van der Waals surface area (Å²) in [5, 5.41) is 2.72. The van der Waals surface area contributed by atoms with Crippen LogP contribution in [-0.4, -0.2) is 50.3 Å². The zero-order chi connectivity index (χ0) is 26.0. The summed E-state index contributed by atoms with van der Waals surface area (Å²) in [6.45, 7) is 1.53. The standard InChI is InChI=1S/C23H26FN6O6P/c1-14(23(31)34-15-8-5-9-15)29-37(32,36-16-6-3-2-4-7-16)13-33-18-10-17(24)22(35-18)30-12-28-19-20(25)26-11-27-21(19)30/h2-4,6-7,10-12,14-15,18,22H,5,8-9,13H2,1H3,(H,29,32)(H2,25,26,27)/t14-,18-,22+,37+/m0/s1. The van der Waals surface area contributed by atoms with E-state index in [4.69, 9.17) is 24.5 Å². The van der Waals surface area contributed by atoms with Crippen molar-refractivity contribution < 1.29 is 32.5 Å². The van der Waals surface area contributed by atoms with Crippen molar-refractivity contribution in [2.75, 3.05) is 12.1 Å². The molecule has 3 N–H and O–H groups in total. The Morgan fingerprint density at radius 3 is 2.81 bits per heavy atom. The smallest absolute Gasteiger partial charge is 0.342 e. The highest BCUT2D eigenvalue weighted by molar-refractivity contribution is 7.57. The van der Waals surface area contributed by atoms with Crippen LogP contribution in [0.4, 0.5) is 10.2 Å². The van der Waals surface area contributed by atoms with Gasteiger partial charge < -0.3 is 24.5 Å². The van der Waals surface area contributed by atoms with Crippen LogP contribution in [0.25, 0.3) is 11.2 Å². The second-order valence-electron chi connectivity index (χ2n) is 8.71. The van der Waals surface area contributed by atoms with Gasteiger partial charge in [0.1, 0.15) is 29.7 Å². The predicted molar refractivity (Wildman–Crippen MR) is 130 cm³/mol. The summed E-state index contributed by atoms with van der Waals surface area (Å²) >= 11 is 0. The minimum absolute atomic E-state index is 0.126. The van der Waals surface area contributed by atoms with Gasteiger partial charge in [0.2, 0.25) is 0 Å². The number of imidazole rings is 1. The van der Waals surface area contributed by atoms with Crippen molar-refractivity contribution >= 4 is 30.5 Å². The molecule has 0 saturated heterocycles. The monoisotopic (exact) mass is 532 g/mol. The van der Waals surface area contributed by atoms with E-state index in [1.54, 1.807) is 30.3 Å². The first-order valence-corrected chi connectivity index (χ1v) is 13.5. The number of hydrogen-bond donors (Lipinski definition) is 2. The Morgan fingerprint density at radius 1 is 1.30 bits per heavy atom. The zero-order valence-corrected chi connectivity index (χ0v) is 20.8. The lowest BCUT2D eigenvalue weighted by molar-refractivity contribution is -0.154. The number of rotatable bonds is 10. The fourth-order valence-corrected chi connectivity index (χ4v) is 5.47. The van der Waals surface area contributed by atoms with Gasteiger partial charge in [0.25, 0.3) is 0 Å². The molecule has 2 aliphatic rings. The van der Waals surface area contributed by atoms with Crippen molar-refractivity contribution in [2.24, 2.45) is 0 Å². The van der Waals surface area contributed by atoms with Gasteiger partial charge in [-0.15, -0.1) is 0 Å². The van der Waals surface area contributed by atoms with Crippen LogP contribution in [0.1, 0.15) is 32.4 Å². The highest BCUT2D eigenvalue weighted by Gasteiger charge is 2.36. The van der Waals surface area contributed by atoms with Gasteiger partial charge in [-0.25, -0.2) is 24.4 Å². The third kappa shape index (κ3) is 5.64. The number of ether oxygens (including phenoxy) is 3. The van der Waals surface area contributed by atoms with Crippen molar-refractivity contribution in [3.05, 3.63) is 54.9 Å². The van der Waals surface area contributed by atoms with E-state index in [-0.39, 0.29) is 17.6 Å². The quantitative estimate of drug-likeness (QED) is 0.292. The van der Waals surface area contributed by atoms with Crippen molar-refractivity contribution in [2.45, 2.75) is 50.8 Å². The van der Waals surface area contributed by atoms with Crippen LogP contribution >= 0.6 is 7.52 Å². The summed E-state index contributed by atoms with van der Waals surface area (Å²) < 4.78 is 52.4. The molecule has 1 saturated carbocycles. The first-order valence-electron chi connectivity index (χ1n) is 11.7. The Labute approximate surface area is 211 Å². The number of nitrogens with zero attached hydrogens (tertiary/aromatic N) is 4. The molecular weight excluding hydrogens is 506 g/mol. The number of carbonyl (C=O) groups is 1. The number of benzene rings is 1. The number of anilines is 1. The number of carbonyl (C=O) groups excluding carboxylic acids is 1. The minimum Gasteiger partial charge on any atom is -0.461 e. The molecule has 0 unspecified atom stereocenters. The lowest BCUT2D eigenvalue weighted by atomic mass is 9.96. The third-order valence-electron chi connectivity index (χ3n) is 5.92. The van der Waals surface area contributed by atoms with Gasteiger partial charge in [0, 0.05) is 6.08 Å². The maximum absolute atomic E-state index is 14.8. The van der Waals surface area contributed by atoms with E-state index in [9.17, 15) is 13.8 Å². The second-order valence-corrected chi connectivity index (χ2v) is 10.8. The summed E-state index contributed by atoms with van der Waals surface area (Å²) in [4.78, 5) is 24.5. The number of halogens is 1. The van der Waals surface area contributed by atoms with Gasteiger partial charge in [-0.05, 0) is 38.3 Å². The van der Waals surface area contributed by atoms with Gasteiger partial charge >= 0.3 is 13.5 Å². The van der Waals surface area contributed by atoms with Crippen molar-refractivity contribution in [1.82, 2.24) is 24.6 Å². The molecule has 14 heteroatoms. The Balaban J connectivity index is 1.27. The van der Waals surface area contributed by atoms with E-state index in [2.05, 4.69) is 20.0 Å². The van der Waals surface area contributed by atoms with Gasteiger partial charge in [-0.1, -0.05) is 18.2 Å². The molecule has 4 atom stereocenters. The van der Waals surface area contributed by atoms with Gasteiger partial charge in [-0.2, -0.15) is 0 Å². The lowest BCUT2D eigenvalue weighted by Crippen LogP contribution is -2.39. The van der Waals surface area contributed by atoms with Crippen LogP contribution in [0.3, 0.4) is 0 Å². The second kappa shape index (κ2) is 10.5. The average molecular weight is 532 g/mol. The van der Waals surface area contributed by atoms with Gasteiger partial charge in [0.05, 0.1) is 6.33 Å². The lowest BCUT2D eigenvalue weighted by Gasteiger charge is -2.28. The molecule has 3 heterocycles. The molecule has 1 aromatic carbocycles. The van der Waals surface area contributed by atoms with Crippen molar-refractivity contribution in [3.8, 4) is 5.75 Å². The van der Waals surface area contributed by atoms with E-state index in [1.165, 1.54) is 24.1 Å². The number of hydrogen-bond acceptors (Lipinski definition) is 10. The number of nitrogen functional groups attached to an aromatic ring is 1. The van der Waals surface area contributed by atoms with Crippen LogP contribution in [0, 0.1) is 0 Å². The maximum atomic E-state index is 14.8. The van der Waals surface area contributed by atoms with Gasteiger partial charge in [-0.3, -0.25) is 13.9 Å². The molecule has 0 bridgehead atoms. The molecule has 5 rings (SSSR count). The number of aromatic nitrogens is 4. The van der Waals surface area contributed by atoms with Crippen molar-refractivity contribution in [3.63, 3.8) is 0 Å². The molecule has 0 radical (unpaired) electrons. The van der Waals surface area contributed by atoms with Crippen LogP contribution in [-0.2, 0) is 23.6 Å². The summed E-state index contributed by atoms with van der Waals surface area (Å²) in [5.41, 5.74) is 6.38. The molecular formula is C23H26FN6O6P. The SMILES string of the molecule is C[C@H](N[P@@](=O)(CO[C@@H]1C=C(F)[C@H](n2cnc3c(N)ncnc32)O1)Oc1ccccc1)C(=O)OC1CCC1. The normalized spacial score (nSPS) is 22.2. The van der Waals surface area contributed by atoms with E-state index in [0.29, 0.717) is 11.3 Å². The number of nitrogens with two attached hydrogens (primary N) is 1. The first-order chi connectivity index (χ1) is 17.8. The molecule has 1 fully saturated rings. The van der Waals surface area contributed by atoms with Crippen molar-refractivity contribution in [1.29, 1.82) is 0 Å². The third-order valence-corrected chi connectivity index (χ3v) is 7.69. The molecule has 3 aromatic rings. The Kier molecular flexibility index (Phi) is 7.20. The number of fused-ring (bicyclic) bond motifs is 1. The van der Waals surface area contributed by atoms with E-state index >= 15 is 0 Å². The van der Waals surface area contributed by atoms with Crippen LogP contribution in [0.5, 0.6) is 5.75 Å². The number of para-hydroxylation sites is 1. The van der Waals surface area contributed by atoms with Crippen LogP contribution < -0.4 is 15.3 Å². The topological polar surface area (TPSA) is 153 Å². The van der Waals surface area contributed by atoms with Gasteiger partial charge in [0.15, 0.2) is 36.2 Å². The highest BCUT2D eigenvalue weighted by atomic mass is 31.2. The molecule has 1 aliphatic carbocycles. The molecule has 196 valence electrons. The Bertz CT molecular complexity index is 1350. The maximum Gasteiger partial charge on any atom is 0.342 e.